The van der Waals surface area contributed by atoms with Crippen LogP contribution in [0.25, 0.3) is 33.4 Å². The Hall–Kier alpha value is -6.39. The van der Waals surface area contributed by atoms with Gasteiger partial charge in [-0.3, -0.25) is 19.3 Å². The fraction of sp³-hybridized carbons (Fsp3) is 0.512. The van der Waals surface area contributed by atoms with Crippen LogP contribution in [-0.2, 0) is 52.9 Å². The first-order valence-corrected chi connectivity index (χ1v) is 32.3. The second-order valence-corrected chi connectivity index (χ2v) is 30.6. The van der Waals surface area contributed by atoms with Crippen molar-refractivity contribution in [3.8, 4) is 50.6 Å². The van der Waals surface area contributed by atoms with Crippen LogP contribution in [0, 0.1) is 16.2 Å². The first kappa shape index (κ1) is 75.1. The summed E-state index contributed by atoms with van der Waals surface area (Å²) in [6.45, 7) is 45.7. The standard InChI is InChI=1S/2C27H39NO2.C26H37NO2/c1-10-20-17-22(30-9)15-16-23(20)21-13-11-19(12-14-21)18-27(8,28-26(5,6)7)24(29)25(2,3)4;1-10-20-18-22(30-9)15-16-23(20)21-13-11-19(12-14-21)17-24(25(29)26(2,3)4)28(8)27(5,6)7;1-9-19-17-21(29-8)14-15-22(19)20-12-10-18(11-13-20)16-23(27-26(5,6)7)24(28)25(2,3)4/h11-17,28H,10,18H2,1-9H3;11-16,18,24H,10,17H2,1-9H3;10-15,17,23,27H,9,16H2,1-8H3. The topological polar surface area (TPSA) is 106 Å². The molecule has 0 heterocycles. The molecule has 3 unspecified atom stereocenters. The van der Waals surface area contributed by atoms with E-state index in [2.05, 4.69) is 215 Å². The van der Waals surface area contributed by atoms with E-state index < -0.39 is 11.0 Å². The zero-order chi connectivity index (χ0) is 67.3. The van der Waals surface area contributed by atoms with Crippen LogP contribution in [0.15, 0.2) is 127 Å². The summed E-state index contributed by atoms with van der Waals surface area (Å²) in [7, 11) is 7.16. The van der Waals surface area contributed by atoms with Crippen LogP contribution in [0.3, 0.4) is 0 Å². The van der Waals surface area contributed by atoms with Crippen molar-refractivity contribution in [2.75, 3.05) is 28.4 Å². The number of benzene rings is 6. The van der Waals surface area contributed by atoms with Crippen molar-refractivity contribution in [1.29, 1.82) is 0 Å². The van der Waals surface area contributed by atoms with Crippen LogP contribution in [-0.4, -0.2) is 84.9 Å². The number of likely N-dealkylation sites (N-methyl/N-ethyl adjacent to an activating group) is 1. The van der Waals surface area contributed by atoms with E-state index in [4.69, 9.17) is 14.2 Å². The number of aryl methyl sites for hydroxylation is 3. The Balaban J connectivity index is 0.000000285. The molecular formula is C80H115N3O6. The molecule has 6 rings (SSSR count). The number of carbonyl (C=O) groups excluding carboxylic acids is 3. The summed E-state index contributed by atoms with van der Waals surface area (Å²) >= 11 is 0. The van der Waals surface area contributed by atoms with E-state index in [9.17, 15) is 14.4 Å². The Morgan fingerprint density at radius 2 is 0.764 bits per heavy atom. The second-order valence-electron chi connectivity index (χ2n) is 30.6. The maximum absolute atomic E-state index is 13.3. The Morgan fingerprint density at radius 3 is 1.04 bits per heavy atom. The van der Waals surface area contributed by atoms with E-state index in [0.717, 1.165) is 42.1 Å². The number of hydrogen-bond acceptors (Lipinski definition) is 9. The van der Waals surface area contributed by atoms with Crippen molar-refractivity contribution in [1.82, 2.24) is 15.5 Å². The van der Waals surface area contributed by atoms with Crippen molar-refractivity contribution in [2.24, 2.45) is 16.2 Å². The smallest absolute Gasteiger partial charge is 0.158 e. The zero-order valence-corrected chi connectivity index (χ0v) is 59.9. The van der Waals surface area contributed by atoms with Crippen LogP contribution in [0.2, 0.25) is 0 Å². The summed E-state index contributed by atoms with van der Waals surface area (Å²) in [5.74, 6) is 3.43. The molecule has 2 N–H and O–H groups in total. The predicted octanol–water partition coefficient (Wildman–Crippen LogP) is 18.2. The van der Waals surface area contributed by atoms with Crippen LogP contribution in [0.4, 0.5) is 0 Å². The average Bonchev–Trinajstić information content (AvgIpc) is 2.16. The Morgan fingerprint density at radius 1 is 0.427 bits per heavy atom. The maximum atomic E-state index is 13.3. The summed E-state index contributed by atoms with van der Waals surface area (Å²) in [4.78, 5) is 41.8. The quantitative estimate of drug-likeness (QED) is 0.0729. The third-order valence-electron chi connectivity index (χ3n) is 16.4. The minimum absolute atomic E-state index is 0.0787. The molecule has 0 fully saturated rings. The van der Waals surface area contributed by atoms with E-state index in [1.165, 1.54) is 61.2 Å². The summed E-state index contributed by atoms with van der Waals surface area (Å²) in [6.07, 6.45) is 4.91. The van der Waals surface area contributed by atoms with Crippen LogP contribution in [0.5, 0.6) is 17.2 Å². The second kappa shape index (κ2) is 31.1. The fourth-order valence-electron chi connectivity index (χ4n) is 11.6. The molecular weight excluding hydrogens is 1100 g/mol. The normalized spacial score (nSPS) is 13.7. The van der Waals surface area contributed by atoms with Gasteiger partial charge in [0.2, 0.25) is 0 Å². The van der Waals surface area contributed by atoms with E-state index in [1.54, 1.807) is 21.3 Å². The molecule has 0 aromatic heterocycles. The summed E-state index contributed by atoms with van der Waals surface area (Å²) in [5.41, 5.74) is 12.4. The van der Waals surface area contributed by atoms with Crippen molar-refractivity contribution in [3.63, 3.8) is 0 Å². The molecule has 6 aromatic carbocycles. The molecule has 9 nitrogen and oxygen atoms in total. The van der Waals surface area contributed by atoms with Crippen molar-refractivity contribution >= 4 is 17.3 Å². The number of nitrogens with zero attached hydrogens (tertiary/aromatic N) is 1. The number of ether oxygens (including phenoxy) is 3. The maximum Gasteiger partial charge on any atom is 0.158 e. The van der Waals surface area contributed by atoms with Crippen molar-refractivity contribution in [3.05, 3.63) is 161 Å². The molecule has 0 aliphatic rings. The number of methoxy groups -OCH3 is 3. The molecule has 0 amide bonds. The molecule has 486 valence electrons. The Bertz CT molecular complexity index is 3240. The van der Waals surface area contributed by atoms with Crippen LogP contribution in [0.1, 0.15) is 186 Å². The minimum atomic E-state index is -0.632. The molecule has 0 bridgehead atoms. The minimum Gasteiger partial charge on any atom is -0.497 e. The third kappa shape index (κ3) is 22.2. The van der Waals surface area contributed by atoms with Gasteiger partial charge in [0, 0.05) is 32.9 Å². The Labute approximate surface area is 539 Å². The zero-order valence-electron chi connectivity index (χ0n) is 59.9. The first-order valence-electron chi connectivity index (χ1n) is 32.3. The summed E-state index contributed by atoms with van der Waals surface area (Å²) < 4.78 is 16.1. The highest BCUT2D eigenvalue weighted by atomic mass is 16.5. The van der Waals surface area contributed by atoms with Crippen LogP contribution < -0.4 is 24.8 Å². The van der Waals surface area contributed by atoms with E-state index >= 15 is 0 Å². The first-order chi connectivity index (χ1) is 41.1. The van der Waals surface area contributed by atoms with Gasteiger partial charge in [0.15, 0.2) is 17.3 Å². The van der Waals surface area contributed by atoms with Gasteiger partial charge in [0.05, 0.1) is 39.0 Å². The third-order valence-corrected chi connectivity index (χ3v) is 16.4. The van der Waals surface area contributed by atoms with E-state index in [-0.39, 0.29) is 56.9 Å². The number of rotatable bonds is 21. The monoisotopic (exact) mass is 1210 g/mol. The molecule has 89 heavy (non-hydrogen) atoms. The molecule has 0 spiro atoms. The van der Waals surface area contributed by atoms with Gasteiger partial charge in [0.25, 0.3) is 0 Å². The van der Waals surface area contributed by atoms with E-state index in [1.807, 2.05) is 87.4 Å². The van der Waals surface area contributed by atoms with Gasteiger partial charge >= 0.3 is 0 Å². The highest BCUT2D eigenvalue weighted by molar-refractivity contribution is 5.93. The highest BCUT2D eigenvalue weighted by Gasteiger charge is 2.42. The molecule has 3 atom stereocenters. The van der Waals surface area contributed by atoms with Gasteiger partial charge in [-0.15, -0.1) is 0 Å². The molecule has 0 saturated carbocycles. The average molecular weight is 1210 g/mol. The van der Waals surface area contributed by atoms with Gasteiger partial charge in [-0.2, -0.15) is 0 Å². The lowest BCUT2D eigenvalue weighted by atomic mass is 9.75. The molecule has 0 radical (unpaired) electrons. The lowest BCUT2D eigenvalue weighted by molar-refractivity contribution is -0.133. The van der Waals surface area contributed by atoms with E-state index in [0.29, 0.717) is 19.3 Å². The number of Topliss-reactive ketones (excluding diaryl/α,β-unsaturated/α-hetero) is 3. The summed E-state index contributed by atoms with van der Waals surface area (Å²) in [5, 5.41) is 7.13. The highest BCUT2D eigenvalue weighted by Crippen LogP contribution is 2.35. The molecule has 0 saturated heterocycles. The lowest BCUT2D eigenvalue weighted by Crippen LogP contribution is -2.61. The number of carbonyl (C=O) groups is 3. The van der Waals surface area contributed by atoms with Crippen molar-refractivity contribution < 1.29 is 28.6 Å². The fourth-order valence-corrected chi connectivity index (χ4v) is 11.6. The van der Waals surface area contributed by atoms with Gasteiger partial charge in [-0.05, 0) is 218 Å². The van der Waals surface area contributed by atoms with Gasteiger partial charge in [-0.1, -0.05) is 174 Å². The Kier molecular flexibility index (Phi) is 26.2. The lowest BCUT2D eigenvalue weighted by Gasteiger charge is -2.40. The number of ketones is 3. The summed E-state index contributed by atoms with van der Waals surface area (Å²) in [6, 6.07) is 44.3. The van der Waals surface area contributed by atoms with Gasteiger partial charge < -0.3 is 24.8 Å². The van der Waals surface area contributed by atoms with Gasteiger partial charge in [0.1, 0.15) is 17.2 Å². The number of hydrogen-bond donors (Lipinski definition) is 2. The molecule has 6 aromatic rings. The number of nitrogens with one attached hydrogen (secondary N) is 2. The van der Waals surface area contributed by atoms with Crippen LogP contribution >= 0.6 is 0 Å². The SMILES string of the molecule is CCc1cc(OC)ccc1-c1ccc(CC(C(=O)C(C)(C)C)N(C)C(C)(C)C)cc1.CCc1cc(OC)ccc1-c1ccc(CC(C)(NC(C)(C)C)C(=O)C(C)(C)C)cc1.CCc1cc(OC)ccc1-c1ccc(CC(NC(C)(C)C)C(=O)C(C)(C)C)cc1. The predicted molar refractivity (Wildman–Crippen MR) is 377 cm³/mol. The van der Waals surface area contributed by atoms with Crippen molar-refractivity contribution in [2.45, 2.75) is 225 Å². The molecule has 0 aliphatic heterocycles. The van der Waals surface area contributed by atoms with Gasteiger partial charge in [-0.25, -0.2) is 0 Å². The largest absolute Gasteiger partial charge is 0.497 e. The molecule has 0 aliphatic carbocycles. The molecule has 9 heteroatoms.